The van der Waals surface area contributed by atoms with E-state index in [4.69, 9.17) is 5.21 Å². The average molecular weight is 173 g/mol. The van der Waals surface area contributed by atoms with Gasteiger partial charge in [-0.25, -0.2) is 0 Å². The van der Waals surface area contributed by atoms with Crippen LogP contribution in [0.15, 0.2) is 17.8 Å². The molecule has 37 valence electrons. The molecule has 0 aromatic rings. The summed E-state index contributed by atoms with van der Waals surface area (Å²) in [6.45, 7) is 3.36. The zero-order chi connectivity index (χ0) is 4.83. The van der Waals surface area contributed by atoms with Gasteiger partial charge in [-0.3, -0.25) is 0 Å². The summed E-state index contributed by atoms with van der Waals surface area (Å²) in [5.41, 5.74) is 0. The van der Waals surface area contributed by atoms with E-state index in [0.717, 1.165) is 0 Å². The third kappa shape index (κ3) is 10.7. The minimum Gasteiger partial charge on any atom is -0.447 e. The molecule has 0 aliphatic heterocycles. The van der Waals surface area contributed by atoms with Crippen LogP contribution in [0.4, 0.5) is 0 Å². The standard InChI is InChI=1S/C4H6NO.Y/c1-2-3-4-5-6;/h2,6H,1,3H2;/q-1;. The van der Waals surface area contributed by atoms with Gasteiger partial charge in [-0.05, 0) is 0 Å². The van der Waals surface area contributed by atoms with Crippen molar-refractivity contribution in [3.63, 3.8) is 0 Å². The zero-order valence-electron chi connectivity index (χ0n) is 3.96. The molecule has 0 rings (SSSR count). The molecule has 0 aromatic heterocycles. The van der Waals surface area contributed by atoms with Crippen LogP contribution in [0, 0.1) is 0 Å². The second-order valence-corrected chi connectivity index (χ2v) is 0.751. The second-order valence-electron chi connectivity index (χ2n) is 0.751. The fourth-order valence-corrected chi connectivity index (χ4v) is 0.105. The van der Waals surface area contributed by atoms with Crippen LogP contribution in [-0.4, -0.2) is 11.4 Å². The smallest absolute Gasteiger partial charge is 0 e. The Morgan fingerprint density at radius 1 is 1.86 bits per heavy atom. The number of allylic oxidation sites excluding steroid dienone is 1. The average Bonchev–Trinajstić information content (AvgIpc) is 1.61. The van der Waals surface area contributed by atoms with E-state index in [-0.39, 0.29) is 32.7 Å². The van der Waals surface area contributed by atoms with Crippen molar-refractivity contribution in [2.45, 2.75) is 6.42 Å². The van der Waals surface area contributed by atoms with Gasteiger partial charge in [0, 0.05) is 32.7 Å². The quantitative estimate of drug-likeness (QED) is 0.217. The summed E-state index contributed by atoms with van der Waals surface area (Å²) >= 11 is 0. The topological polar surface area (TPSA) is 32.6 Å². The maximum absolute atomic E-state index is 7.66. The van der Waals surface area contributed by atoms with Crippen molar-refractivity contribution in [1.82, 2.24) is 0 Å². The SMILES string of the molecule is C=CC[C-]=NO.[Y]. The summed E-state index contributed by atoms with van der Waals surface area (Å²) in [6, 6.07) is 0. The Kier molecular flexibility index (Phi) is 14.1. The van der Waals surface area contributed by atoms with Gasteiger partial charge in [-0.1, -0.05) is 0 Å². The fourth-order valence-electron chi connectivity index (χ4n) is 0.105. The Morgan fingerprint density at radius 3 is 2.57 bits per heavy atom. The van der Waals surface area contributed by atoms with E-state index in [0.29, 0.717) is 6.42 Å². The van der Waals surface area contributed by atoms with E-state index >= 15 is 0 Å². The minimum absolute atomic E-state index is 0. The molecule has 0 amide bonds. The van der Waals surface area contributed by atoms with Gasteiger partial charge in [0.25, 0.3) is 0 Å². The number of rotatable bonds is 2. The molecule has 0 fully saturated rings. The predicted octanol–water partition coefficient (Wildman–Crippen LogP) is 0.897. The minimum atomic E-state index is 0. The Hall–Kier alpha value is 0.314. The van der Waals surface area contributed by atoms with E-state index in [1.807, 2.05) is 0 Å². The van der Waals surface area contributed by atoms with Crippen molar-refractivity contribution in [3.05, 3.63) is 12.7 Å². The van der Waals surface area contributed by atoms with Gasteiger partial charge in [0.2, 0.25) is 0 Å². The molecule has 0 heterocycles. The Morgan fingerprint density at radius 2 is 2.43 bits per heavy atom. The molecule has 0 saturated carbocycles. The Bertz CT molecular complexity index is 62.7. The van der Waals surface area contributed by atoms with E-state index < -0.39 is 0 Å². The van der Waals surface area contributed by atoms with Crippen LogP contribution >= 0.6 is 0 Å². The number of nitrogens with zero attached hydrogens (tertiary/aromatic N) is 1. The zero-order valence-corrected chi connectivity index (χ0v) is 6.80. The first-order valence-electron chi connectivity index (χ1n) is 1.59. The monoisotopic (exact) mass is 173 g/mol. The van der Waals surface area contributed by atoms with Crippen LogP contribution in [-0.2, 0) is 32.7 Å². The molecule has 1 N–H and O–H groups in total. The fraction of sp³-hybridized carbons (Fsp3) is 0.250. The van der Waals surface area contributed by atoms with Gasteiger partial charge in [-0.2, -0.15) is 0 Å². The first kappa shape index (κ1) is 10.3. The van der Waals surface area contributed by atoms with Crippen molar-refractivity contribution in [2.75, 3.05) is 0 Å². The maximum atomic E-state index is 7.66. The molecule has 0 aromatic carbocycles. The number of hydrogen-bond acceptors (Lipinski definition) is 2. The molecule has 3 heteroatoms. The van der Waals surface area contributed by atoms with Crippen molar-refractivity contribution in [2.24, 2.45) is 5.16 Å². The normalized spacial score (nSPS) is 8.00. The molecule has 1 radical (unpaired) electrons. The molecule has 0 unspecified atom stereocenters. The van der Waals surface area contributed by atoms with Crippen LogP contribution in [0.2, 0.25) is 0 Å². The van der Waals surface area contributed by atoms with E-state index in [9.17, 15) is 0 Å². The first-order valence-corrected chi connectivity index (χ1v) is 1.59. The van der Waals surface area contributed by atoms with Gasteiger partial charge in [0.15, 0.2) is 0 Å². The Balaban J connectivity index is 0. The van der Waals surface area contributed by atoms with E-state index in [1.54, 1.807) is 6.08 Å². The molecule has 0 spiro atoms. The van der Waals surface area contributed by atoms with E-state index in [1.165, 1.54) is 0 Å². The van der Waals surface area contributed by atoms with Crippen LogP contribution in [0.3, 0.4) is 0 Å². The van der Waals surface area contributed by atoms with Crippen molar-refractivity contribution in [1.29, 1.82) is 0 Å². The summed E-state index contributed by atoms with van der Waals surface area (Å²) in [5, 5.41) is 10.3. The maximum Gasteiger partial charge on any atom is 0 e. The molecule has 7 heavy (non-hydrogen) atoms. The van der Waals surface area contributed by atoms with Crippen molar-refractivity contribution >= 4 is 6.21 Å². The summed E-state index contributed by atoms with van der Waals surface area (Å²) in [5.74, 6) is 0. The number of hydrogen-bond donors (Lipinski definition) is 1. The van der Waals surface area contributed by atoms with Gasteiger partial charge in [0.05, 0.1) is 0 Å². The van der Waals surface area contributed by atoms with Gasteiger partial charge < -0.3 is 16.6 Å². The third-order valence-corrected chi connectivity index (χ3v) is 0.306. The molecule has 0 saturated heterocycles. The Labute approximate surface area is 68.2 Å². The summed E-state index contributed by atoms with van der Waals surface area (Å²) in [7, 11) is 0. The largest absolute Gasteiger partial charge is 0.447 e. The summed E-state index contributed by atoms with van der Waals surface area (Å²) in [4.78, 5) is 0. The van der Waals surface area contributed by atoms with Gasteiger partial charge >= 0.3 is 0 Å². The van der Waals surface area contributed by atoms with E-state index in [2.05, 4.69) is 17.9 Å². The van der Waals surface area contributed by atoms with Crippen LogP contribution in [0.25, 0.3) is 0 Å². The molecule has 0 bridgehead atoms. The van der Waals surface area contributed by atoms with Crippen LogP contribution < -0.4 is 0 Å². The second kappa shape index (κ2) is 9.58. The van der Waals surface area contributed by atoms with Crippen LogP contribution in [0.1, 0.15) is 6.42 Å². The van der Waals surface area contributed by atoms with Crippen LogP contribution in [0.5, 0.6) is 0 Å². The van der Waals surface area contributed by atoms with Crippen molar-refractivity contribution in [3.8, 4) is 0 Å². The molecular weight excluding hydrogens is 167 g/mol. The third-order valence-electron chi connectivity index (χ3n) is 0.306. The summed E-state index contributed by atoms with van der Waals surface area (Å²) < 4.78 is 0. The molecule has 0 aliphatic carbocycles. The predicted molar refractivity (Wildman–Crippen MR) is 24.0 cm³/mol. The molecule has 0 atom stereocenters. The summed E-state index contributed by atoms with van der Waals surface area (Å²) in [6.07, 6.45) is 4.37. The first-order chi connectivity index (χ1) is 2.91. The molecule has 2 nitrogen and oxygen atoms in total. The van der Waals surface area contributed by atoms with Gasteiger partial charge in [-0.15, -0.1) is 19.1 Å². The van der Waals surface area contributed by atoms with Gasteiger partial charge in [0.1, 0.15) is 0 Å². The molecular formula is C4H6NOY-. The van der Waals surface area contributed by atoms with Crippen molar-refractivity contribution < 1.29 is 37.9 Å². The molecule has 0 aliphatic rings.